The van der Waals surface area contributed by atoms with Crippen LogP contribution in [0.2, 0.25) is 5.02 Å². The number of halogens is 1. The summed E-state index contributed by atoms with van der Waals surface area (Å²) in [6.07, 6.45) is 0. The van der Waals surface area contributed by atoms with Gasteiger partial charge in [0.2, 0.25) is 9.84 Å². The fourth-order valence-electron chi connectivity index (χ4n) is 2.59. The fourth-order valence-corrected chi connectivity index (χ4v) is 5.41. The summed E-state index contributed by atoms with van der Waals surface area (Å²) in [5.41, 5.74) is 9.90. The van der Waals surface area contributed by atoms with E-state index in [2.05, 4.69) is 20.1 Å². The van der Waals surface area contributed by atoms with Crippen molar-refractivity contribution in [3.63, 3.8) is 0 Å². The number of aryl methyl sites for hydroxylation is 1. The molecule has 11 heteroatoms. The highest BCUT2D eigenvalue weighted by atomic mass is 35.5. The van der Waals surface area contributed by atoms with Gasteiger partial charge in [-0.25, -0.2) is 17.9 Å². The Labute approximate surface area is 165 Å². The number of sulfone groups is 1. The summed E-state index contributed by atoms with van der Waals surface area (Å²) in [4.78, 5) is 7.23. The van der Waals surface area contributed by atoms with Gasteiger partial charge in [0, 0.05) is 15.6 Å². The zero-order valence-electron chi connectivity index (χ0n) is 14.5. The first-order chi connectivity index (χ1) is 12.9. The molecular weight excluding hydrogens is 408 g/mol. The second-order valence-corrected chi connectivity index (χ2v) is 9.12. The summed E-state index contributed by atoms with van der Waals surface area (Å²) in [5.74, 6) is 0.645. The molecular formula is C16H15ClN6O2S2. The van der Waals surface area contributed by atoms with Crippen molar-refractivity contribution in [3.05, 3.63) is 57.2 Å². The highest BCUT2D eigenvalue weighted by Gasteiger charge is 2.29. The quantitative estimate of drug-likeness (QED) is 0.252. The van der Waals surface area contributed by atoms with Crippen molar-refractivity contribution in [3.8, 4) is 0 Å². The minimum atomic E-state index is -3.91. The number of hydrogen-bond acceptors (Lipinski definition) is 6. The summed E-state index contributed by atoms with van der Waals surface area (Å²) in [5, 5.41) is 8.64. The maximum absolute atomic E-state index is 13.3. The SMILES string of the molecule is CCSc1nn2c(C)cc(CN=[N+]=[N-])nc2c1S(=O)(=O)c1cccc(Cl)c1. The largest absolute Gasteiger partial charge is 0.232 e. The van der Waals surface area contributed by atoms with Crippen LogP contribution in [0.1, 0.15) is 18.3 Å². The minimum absolute atomic E-state index is 0.0198. The standard InChI is InChI=1S/C16H15ClN6O2S2/c1-3-26-16-14(27(24,25)13-6-4-5-11(17)8-13)15-20-12(9-19-22-18)7-10(2)23(15)21-16/h4-8H,3,9H2,1-2H3. The maximum Gasteiger partial charge on any atom is 0.213 e. The molecule has 0 amide bonds. The number of rotatable bonds is 6. The molecule has 0 spiro atoms. The van der Waals surface area contributed by atoms with Gasteiger partial charge in [0.1, 0.15) is 5.03 Å². The van der Waals surface area contributed by atoms with Crippen molar-refractivity contribution in [1.82, 2.24) is 14.6 Å². The second-order valence-electron chi connectivity index (χ2n) is 5.54. The van der Waals surface area contributed by atoms with Gasteiger partial charge in [-0.2, -0.15) is 5.10 Å². The predicted molar refractivity (Wildman–Crippen MR) is 104 cm³/mol. The number of fused-ring (bicyclic) bond motifs is 1. The van der Waals surface area contributed by atoms with E-state index in [-0.39, 0.29) is 22.0 Å². The molecule has 2 heterocycles. The first-order valence-corrected chi connectivity index (χ1v) is 10.8. The summed E-state index contributed by atoms with van der Waals surface area (Å²) < 4.78 is 28.2. The molecule has 1 aromatic carbocycles. The first-order valence-electron chi connectivity index (χ1n) is 7.92. The number of nitrogens with zero attached hydrogens (tertiary/aromatic N) is 6. The van der Waals surface area contributed by atoms with E-state index in [1.165, 1.54) is 28.4 Å². The van der Waals surface area contributed by atoms with Gasteiger partial charge in [-0.15, -0.1) is 11.8 Å². The van der Waals surface area contributed by atoms with Crippen LogP contribution in [-0.4, -0.2) is 28.8 Å². The van der Waals surface area contributed by atoms with Crippen LogP contribution in [0.25, 0.3) is 16.1 Å². The van der Waals surface area contributed by atoms with Crippen molar-refractivity contribution in [2.45, 2.75) is 35.2 Å². The molecule has 0 saturated heterocycles. The monoisotopic (exact) mass is 422 g/mol. The highest BCUT2D eigenvalue weighted by molar-refractivity contribution is 8.00. The topological polar surface area (TPSA) is 113 Å². The van der Waals surface area contributed by atoms with Crippen molar-refractivity contribution in [1.29, 1.82) is 0 Å². The average molecular weight is 423 g/mol. The van der Waals surface area contributed by atoms with Crippen molar-refractivity contribution in [2.24, 2.45) is 5.11 Å². The van der Waals surface area contributed by atoms with Crippen LogP contribution in [0.5, 0.6) is 0 Å². The minimum Gasteiger partial charge on any atom is -0.232 e. The molecule has 0 N–H and O–H groups in total. The molecule has 3 aromatic rings. The van der Waals surface area contributed by atoms with E-state index in [0.717, 1.165) is 0 Å². The summed E-state index contributed by atoms with van der Waals surface area (Å²) >= 11 is 7.31. The van der Waals surface area contributed by atoms with Crippen LogP contribution in [0.3, 0.4) is 0 Å². The van der Waals surface area contributed by atoms with Crippen molar-refractivity contribution in [2.75, 3.05) is 5.75 Å². The fraction of sp³-hybridized carbons (Fsp3) is 0.250. The summed E-state index contributed by atoms with van der Waals surface area (Å²) in [6.45, 7) is 3.72. The van der Waals surface area contributed by atoms with Gasteiger partial charge in [0.25, 0.3) is 0 Å². The third-order valence-corrected chi connectivity index (χ3v) is 6.70. The zero-order chi connectivity index (χ0) is 19.6. The Morgan fingerprint density at radius 2 is 2.15 bits per heavy atom. The molecule has 0 unspecified atom stereocenters. The van der Waals surface area contributed by atoms with Crippen molar-refractivity contribution >= 4 is 38.8 Å². The summed E-state index contributed by atoms with van der Waals surface area (Å²) in [7, 11) is -3.91. The van der Waals surface area contributed by atoms with E-state index in [1.54, 1.807) is 25.1 Å². The molecule has 0 fully saturated rings. The molecule has 2 aromatic heterocycles. The average Bonchev–Trinajstić information content (AvgIpc) is 2.99. The van der Waals surface area contributed by atoms with Gasteiger partial charge < -0.3 is 0 Å². The van der Waals surface area contributed by atoms with E-state index in [1.807, 2.05) is 6.92 Å². The highest BCUT2D eigenvalue weighted by Crippen LogP contribution is 2.34. The number of hydrogen-bond donors (Lipinski definition) is 0. The van der Waals surface area contributed by atoms with Gasteiger partial charge in [-0.1, -0.05) is 29.7 Å². The second kappa shape index (κ2) is 7.77. The Bertz CT molecular complexity index is 1170. The van der Waals surface area contributed by atoms with Crippen LogP contribution in [-0.2, 0) is 16.4 Å². The van der Waals surface area contributed by atoms with E-state index in [4.69, 9.17) is 17.1 Å². The normalized spacial score (nSPS) is 11.5. The maximum atomic E-state index is 13.3. The molecule has 0 saturated carbocycles. The lowest BCUT2D eigenvalue weighted by Gasteiger charge is -2.06. The van der Waals surface area contributed by atoms with E-state index < -0.39 is 9.84 Å². The van der Waals surface area contributed by atoms with E-state index >= 15 is 0 Å². The first kappa shape index (κ1) is 19.5. The molecule has 0 radical (unpaired) electrons. The van der Waals surface area contributed by atoms with Crippen LogP contribution in [0.4, 0.5) is 0 Å². The lowest BCUT2D eigenvalue weighted by Crippen LogP contribution is -2.05. The molecule has 0 aliphatic heterocycles. The molecule has 0 bridgehead atoms. The van der Waals surface area contributed by atoms with Crippen LogP contribution < -0.4 is 0 Å². The Kier molecular flexibility index (Phi) is 5.61. The lowest BCUT2D eigenvalue weighted by molar-refractivity contribution is 0.594. The van der Waals surface area contributed by atoms with E-state index in [0.29, 0.717) is 27.2 Å². The number of aromatic nitrogens is 3. The summed E-state index contributed by atoms with van der Waals surface area (Å²) in [6, 6.07) is 7.79. The van der Waals surface area contributed by atoms with Gasteiger partial charge in [0.05, 0.1) is 17.1 Å². The van der Waals surface area contributed by atoms with Gasteiger partial charge >= 0.3 is 0 Å². The Morgan fingerprint density at radius 1 is 1.37 bits per heavy atom. The molecule has 0 aliphatic carbocycles. The van der Waals surface area contributed by atoms with Gasteiger partial charge in [-0.05, 0) is 42.5 Å². The smallest absolute Gasteiger partial charge is 0.213 e. The molecule has 0 atom stereocenters. The zero-order valence-corrected chi connectivity index (χ0v) is 16.9. The van der Waals surface area contributed by atoms with Crippen LogP contribution in [0.15, 0.2) is 50.3 Å². The molecule has 140 valence electrons. The van der Waals surface area contributed by atoms with Gasteiger partial charge in [0.15, 0.2) is 10.5 Å². The molecule has 27 heavy (non-hydrogen) atoms. The number of benzene rings is 1. The number of thioether (sulfide) groups is 1. The van der Waals surface area contributed by atoms with Crippen LogP contribution >= 0.6 is 23.4 Å². The van der Waals surface area contributed by atoms with Crippen molar-refractivity contribution < 1.29 is 8.42 Å². The Morgan fingerprint density at radius 3 is 2.81 bits per heavy atom. The van der Waals surface area contributed by atoms with Gasteiger partial charge in [-0.3, -0.25) is 0 Å². The van der Waals surface area contributed by atoms with E-state index in [9.17, 15) is 8.42 Å². The molecule has 8 nitrogen and oxygen atoms in total. The predicted octanol–water partition coefficient (Wildman–Crippen LogP) is 4.45. The molecule has 3 rings (SSSR count). The third-order valence-electron chi connectivity index (χ3n) is 3.70. The third kappa shape index (κ3) is 3.74. The lowest BCUT2D eigenvalue weighted by atomic mass is 10.3. The Balaban J connectivity index is 2.33. The Hall–Kier alpha value is -2.26. The molecule has 0 aliphatic rings. The number of azide groups is 1. The van der Waals surface area contributed by atoms with Crippen LogP contribution in [0, 0.1) is 6.92 Å².